The van der Waals surface area contributed by atoms with E-state index in [0.717, 1.165) is 11.6 Å². The summed E-state index contributed by atoms with van der Waals surface area (Å²) >= 11 is 0. The smallest absolute Gasteiger partial charge is 0.327 e. The molecule has 0 saturated heterocycles. The van der Waals surface area contributed by atoms with Gasteiger partial charge in [-0.1, -0.05) is 36.4 Å². The first-order valence-corrected chi connectivity index (χ1v) is 4.40. The number of hydrogen-bond acceptors (Lipinski definition) is 2. The van der Waals surface area contributed by atoms with E-state index < -0.39 is 5.97 Å². The van der Waals surface area contributed by atoms with Crippen molar-refractivity contribution in [2.75, 3.05) is 0 Å². The van der Waals surface area contributed by atoms with E-state index in [1.165, 1.54) is 0 Å². The first-order valence-electron chi connectivity index (χ1n) is 4.40. The Morgan fingerprint density at radius 3 is 2.64 bits per heavy atom. The maximum atomic E-state index is 10.2. The van der Waals surface area contributed by atoms with Crippen molar-refractivity contribution in [3.05, 3.63) is 48.0 Å². The number of carbonyl (C=O) groups is 1. The minimum atomic E-state index is -0.940. The molecule has 0 fully saturated rings. The lowest BCUT2D eigenvalue weighted by Crippen LogP contribution is -2.08. The zero-order chi connectivity index (χ0) is 10.4. The second-order valence-corrected chi connectivity index (χ2v) is 2.99. The van der Waals surface area contributed by atoms with Crippen molar-refractivity contribution in [2.45, 2.75) is 12.5 Å². The lowest BCUT2D eigenvalue weighted by atomic mass is 10.0. The normalized spacial score (nSPS) is 12.9. The predicted molar refractivity (Wildman–Crippen MR) is 54.8 cm³/mol. The van der Waals surface area contributed by atoms with Gasteiger partial charge in [0.1, 0.15) is 0 Å². The molecule has 0 aromatic heterocycles. The van der Waals surface area contributed by atoms with Crippen molar-refractivity contribution >= 4 is 5.97 Å². The first-order chi connectivity index (χ1) is 6.70. The summed E-state index contributed by atoms with van der Waals surface area (Å²) < 4.78 is 0. The minimum Gasteiger partial charge on any atom is -0.478 e. The molecule has 3 nitrogen and oxygen atoms in total. The third kappa shape index (κ3) is 3.41. The lowest BCUT2D eigenvalue weighted by Gasteiger charge is -2.08. The number of carboxylic acids is 1. The Hall–Kier alpha value is -1.61. The highest BCUT2D eigenvalue weighted by Crippen LogP contribution is 2.13. The van der Waals surface area contributed by atoms with E-state index in [1.807, 2.05) is 30.3 Å². The molecule has 1 aromatic carbocycles. The minimum absolute atomic E-state index is 0.133. The van der Waals surface area contributed by atoms with Crippen LogP contribution in [0.5, 0.6) is 0 Å². The van der Waals surface area contributed by atoms with Gasteiger partial charge in [0.15, 0.2) is 0 Å². The topological polar surface area (TPSA) is 63.3 Å². The largest absolute Gasteiger partial charge is 0.478 e. The van der Waals surface area contributed by atoms with Crippen molar-refractivity contribution in [1.29, 1.82) is 0 Å². The third-order valence-electron chi connectivity index (χ3n) is 1.88. The second-order valence-electron chi connectivity index (χ2n) is 2.99. The van der Waals surface area contributed by atoms with E-state index in [0.29, 0.717) is 6.42 Å². The van der Waals surface area contributed by atoms with Crippen molar-refractivity contribution in [3.63, 3.8) is 0 Å². The van der Waals surface area contributed by atoms with Crippen molar-refractivity contribution in [2.24, 2.45) is 5.73 Å². The fourth-order valence-corrected chi connectivity index (χ4v) is 1.15. The molecule has 74 valence electrons. The molecule has 0 aliphatic rings. The highest BCUT2D eigenvalue weighted by atomic mass is 16.4. The molecule has 1 atom stereocenters. The summed E-state index contributed by atoms with van der Waals surface area (Å²) in [5.74, 6) is -0.940. The van der Waals surface area contributed by atoms with E-state index in [-0.39, 0.29) is 6.04 Å². The van der Waals surface area contributed by atoms with E-state index >= 15 is 0 Å². The summed E-state index contributed by atoms with van der Waals surface area (Å²) in [5, 5.41) is 8.37. The fourth-order valence-electron chi connectivity index (χ4n) is 1.15. The highest BCUT2D eigenvalue weighted by molar-refractivity contribution is 5.79. The van der Waals surface area contributed by atoms with Crippen LogP contribution in [0.1, 0.15) is 18.0 Å². The summed E-state index contributed by atoms with van der Waals surface area (Å²) in [7, 11) is 0. The SMILES string of the molecule is NC(CC=CC(=O)O)c1ccccc1. The zero-order valence-corrected chi connectivity index (χ0v) is 7.76. The van der Waals surface area contributed by atoms with Gasteiger partial charge >= 0.3 is 5.97 Å². The average molecular weight is 191 g/mol. The molecular weight excluding hydrogens is 178 g/mol. The first kappa shape index (κ1) is 10.5. The molecule has 14 heavy (non-hydrogen) atoms. The van der Waals surface area contributed by atoms with Crippen LogP contribution in [0.3, 0.4) is 0 Å². The Morgan fingerprint density at radius 1 is 1.43 bits per heavy atom. The molecule has 1 rings (SSSR count). The van der Waals surface area contributed by atoms with E-state index in [1.54, 1.807) is 6.08 Å². The molecule has 3 N–H and O–H groups in total. The maximum absolute atomic E-state index is 10.2. The van der Waals surface area contributed by atoms with Crippen LogP contribution in [-0.4, -0.2) is 11.1 Å². The molecule has 3 heteroatoms. The van der Waals surface area contributed by atoms with Gasteiger partial charge in [-0.25, -0.2) is 4.79 Å². The number of hydrogen-bond donors (Lipinski definition) is 2. The molecule has 0 aliphatic carbocycles. The van der Waals surface area contributed by atoms with Crippen molar-refractivity contribution < 1.29 is 9.90 Å². The Morgan fingerprint density at radius 2 is 2.07 bits per heavy atom. The van der Waals surface area contributed by atoms with Crippen LogP contribution < -0.4 is 5.73 Å². The van der Waals surface area contributed by atoms with Gasteiger partial charge in [0.25, 0.3) is 0 Å². The number of benzene rings is 1. The molecule has 0 saturated carbocycles. The fraction of sp³-hybridized carbons (Fsp3) is 0.182. The van der Waals surface area contributed by atoms with E-state index in [4.69, 9.17) is 10.8 Å². The molecular formula is C11H13NO2. The molecule has 1 unspecified atom stereocenters. The van der Waals surface area contributed by atoms with Crippen LogP contribution >= 0.6 is 0 Å². The number of nitrogens with two attached hydrogens (primary N) is 1. The monoisotopic (exact) mass is 191 g/mol. The van der Waals surface area contributed by atoms with Gasteiger partial charge in [0, 0.05) is 12.1 Å². The summed E-state index contributed by atoms with van der Waals surface area (Å²) in [5.41, 5.74) is 6.85. The predicted octanol–water partition coefficient (Wildman–Crippen LogP) is 1.72. The summed E-state index contributed by atoms with van der Waals surface area (Å²) in [6.45, 7) is 0. The molecule has 0 spiro atoms. The Bertz CT molecular complexity index is 319. The number of aliphatic carboxylic acids is 1. The Balaban J connectivity index is 2.51. The van der Waals surface area contributed by atoms with Crippen LogP contribution in [0.15, 0.2) is 42.5 Å². The molecule has 0 aliphatic heterocycles. The van der Waals surface area contributed by atoms with Gasteiger partial charge in [-0.15, -0.1) is 0 Å². The van der Waals surface area contributed by atoms with Gasteiger partial charge in [0.2, 0.25) is 0 Å². The Labute approximate surface area is 82.9 Å². The second kappa shape index (κ2) is 5.19. The lowest BCUT2D eigenvalue weighted by molar-refractivity contribution is -0.131. The molecule has 0 amide bonds. The van der Waals surface area contributed by atoms with Crippen molar-refractivity contribution in [3.8, 4) is 0 Å². The molecule has 0 bridgehead atoms. The third-order valence-corrected chi connectivity index (χ3v) is 1.88. The van der Waals surface area contributed by atoms with E-state index in [2.05, 4.69) is 0 Å². The van der Waals surface area contributed by atoms with Crippen LogP contribution in [0.25, 0.3) is 0 Å². The maximum Gasteiger partial charge on any atom is 0.327 e. The van der Waals surface area contributed by atoms with Gasteiger partial charge < -0.3 is 10.8 Å². The number of carboxylic acid groups (broad SMARTS) is 1. The van der Waals surface area contributed by atoms with Crippen molar-refractivity contribution in [1.82, 2.24) is 0 Å². The van der Waals surface area contributed by atoms with Gasteiger partial charge in [-0.05, 0) is 12.0 Å². The van der Waals surface area contributed by atoms with Gasteiger partial charge in [-0.3, -0.25) is 0 Å². The standard InChI is InChI=1S/C11H13NO2/c12-10(7-4-8-11(13)14)9-5-2-1-3-6-9/h1-6,8,10H,7,12H2,(H,13,14). The Kier molecular flexibility index (Phi) is 3.88. The highest BCUT2D eigenvalue weighted by Gasteiger charge is 2.01. The summed E-state index contributed by atoms with van der Waals surface area (Å²) in [4.78, 5) is 10.2. The van der Waals surface area contributed by atoms with Crippen LogP contribution in [-0.2, 0) is 4.79 Å². The van der Waals surface area contributed by atoms with Crippen LogP contribution in [0, 0.1) is 0 Å². The zero-order valence-electron chi connectivity index (χ0n) is 7.76. The molecule has 0 heterocycles. The summed E-state index contributed by atoms with van der Waals surface area (Å²) in [6, 6.07) is 9.47. The van der Waals surface area contributed by atoms with Crippen LogP contribution in [0.2, 0.25) is 0 Å². The van der Waals surface area contributed by atoms with Crippen LogP contribution in [0.4, 0.5) is 0 Å². The van der Waals surface area contributed by atoms with E-state index in [9.17, 15) is 4.79 Å². The summed E-state index contributed by atoms with van der Waals surface area (Å²) in [6.07, 6.45) is 3.22. The average Bonchev–Trinajstić information content (AvgIpc) is 2.18. The van der Waals surface area contributed by atoms with Gasteiger partial charge in [0.05, 0.1) is 0 Å². The number of rotatable bonds is 4. The molecule has 1 aromatic rings. The molecule has 0 radical (unpaired) electrons. The quantitative estimate of drug-likeness (QED) is 0.712. The van der Waals surface area contributed by atoms with Gasteiger partial charge in [-0.2, -0.15) is 0 Å².